The zero-order valence-electron chi connectivity index (χ0n) is 8.59. The molecule has 2 heteroatoms. The van der Waals surface area contributed by atoms with Gasteiger partial charge in [-0.15, -0.1) is 0 Å². The van der Waals surface area contributed by atoms with E-state index in [1.165, 1.54) is 17.5 Å². The van der Waals surface area contributed by atoms with Crippen LogP contribution in [0.3, 0.4) is 0 Å². The van der Waals surface area contributed by atoms with Crippen molar-refractivity contribution < 1.29 is 4.42 Å². The highest BCUT2D eigenvalue weighted by Gasteiger charge is 2.01. The molecule has 1 aromatic carbocycles. The highest BCUT2D eigenvalue weighted by molar-refractivity contribution is 5.76. The molecule has 0 N–H and O–H groups in total. The molecule has 1 heterocycles. The van der Waals surface area contributed by atoms with Gasteiger partial charge in [0.05, 0.1) is 0 Å². The fourth-order valence-corrected chi connectivity index (χ4v) is 1.31. The van der Waals surface area contributed by atoms with Crippen LogP contribution in [0.2, 0.25) is 0 Å². The van der Waals surface area contributed by atoms with Crippen molar-refractivity contribution in [2.75, 3.05) is 0 Å². The summed E-state index contributed by atoms with van der Waals surface area (Å²) in [5, 5.41) is 0. The molecule has 1 aromatic heterocycles. The van der Waals surface area contributed by atoms with Crippen LogP contribution in [0.4, 0.5) is 0 Å². The second-order valence-corrected chi connectivity index (χ2v) is 2.78. The van der Waals surface area contributed by atoms with Crippen molar-refractivity contribution in [3.8, 4) is 0 Å². The van der Waals surface area contributed by atoms with Crippen molar-refractivity contribution in [2.45, 2.75) is 27.7 Å². The largest absolute Gasteiger partial charge is 0.443 e. The number of aromatic nitrogens is 1. The van der Waals surface area contributed by atoms with Crippen LogP contribution >= 0.6 is 0 Å². The highest BCUT2D eigenvalue weighted by atomic mass is 16.3. The lowest BCUT2D eigenvalue weighted by Gasteiger charge is -1.94. The van der Waals surface area contributed by atoms with E-state index in [1.54, 1.807) is 0 Å². The average Bonchev–Trinajstić information content (AvgIpc) is 2.55. The molecule has 70 valence electrons. The van der Waals surface area contributed by atoms with Crippen molar-refractivity contribution >= 4 is 11.1 Å². The van der Waals surface area contributed by atoms with Crippen LogP contribution in [-0.2, 0) is 0 Å². The van der Waals surface area contributed by atoms with Gasteiger partial charge < -0.3 is 4.42 Å². The van der Waals surface area contributed by atoms with Gasteiger partial charge >= 0.3 is 0 Å². The summed E-state index contributed by atoms with van der Waals surface area (Å²) in [7, 11) is 0. The second kappa shape index (κ2) is 4.08. The molecule has 2 rings (SSSR count). The van der Waals surface area contributed by atoms with Crippen LogP contribution in [0.5, 0.6) is 0 Å². The van der Waals surface area contributed by atoms with Gasteiger partial charge in [-0.2, -0.15) is 0 Å². The molecule has 0 saturated heterocycles. The Bertz CT molecular complexity index is 390. The Hall–Kier alpha value is -1.31. The molecule has 0 amide bonds. The van der Waals surface area contributed by atoms with E-state index in [4.69, 9.17) is 4.42 Å². The third-order valence-electron chi connectivity index (χ3n) is 1.77. The molecule has 2 nitrogen and oxygen atoms in total. The maximum Gasteiger partial charge on any atom is 0.181 e. The van der Waals surface area contributed by atoms with Gasteiger partial charge in [-0.05, 0) is 31.0 Å². The van der Waals surface area contributed by atoms with Crippen molar-refractivity contribution in [3.05, 3.63) is 29.7 Å². The van der Waals surface area contributed by atoms with Gasteiger partial charge in [-0.1, -0.05) is 19.9 Å². The molecule has 2 aromatic rings. The van der Waals surface area contributed by atoms with E-state index in [1.807, 2.05) is 26.8 Å². The first-order valence-electron chi connectivity index (χ1n) is 4.58. The van der Waals surface area contributed by atoms with E-state index in [0.29, 0.717) is 0 Å². The molecular weight excluding hydrogens is 162 g/mol. The molecular formula is C11H15NO. The van der Waals surface area contributed by atoms with Crippen LogP contribution in [0.15, 0.2) is 22.9 Å². The maximum absolute atomic E-state index is 5.17. The van der Waals surface area contributed by atoms with Gasteiger partial charge in [0.15, 0.2) is 12.0 Å². The molecule has 13 heavy (non-hydrogen) atoms. The number of hydrogen-bond donors (Lipinski definition) is 0. The monoisotopic (exact) mass is 177 g/mol. The fourth-order valence-electron chi connectivity index (χ4n) is 1.31. The Balaban J connectivity index is 0.000000396. The number of oxazole rings is 1. The molecule has 0 spiro atoms. The summed E-state index contributed by atoms with van der Waals surface area (Å²) < 4.78 is 5.17. The molecule has 0 saturated carbocycles. The Morgan fingerprint density at radius 1 is 1.15 bits per heavy atom. The molecule has 0 bridgehead atoms. The highest BCUT2D eigenvalue weighted by Crippen LogP contribution is 2.18. The Kier molecular flexibility index (Phi) is 3.07. The number of rotatable bonds is 0. The summed E-state index contributed by atoms with van der Waals surface area (Å²) in [6.07, 6.45) is 1.48. The smallest absolute Gasteiger partial charge is 0.181 e. The first-order chi connectivity index (χ1) is 6.27. The minimum Gasteiger partial charge on any atom is -0.443 e. The summed E-state index contributed by atoms with van der Waals surface area (Å²) in [5.74, 6) is 0. The van der Waals surface area contributed by atoms with Crippen molar-refractivity contribution in [1.82, 2.24) is 4.98 Å². The van der Waals surface area contributed by atoms with E-state index in [9.17, 15) is 0 Å². The standard InChI is InChI=1S/C9H9NO.C2H6/c1-6-3-7(2)9-8(4-6)11-5-10-9;1-2/h3-5H,1-2H3;1-2H3. The quantitative estimate of drug-likeness (QED) is 0.615. The van der Waals surface area contributed by atoms with E-state index in [2.05, 4.69) is 18.0 Å². The molecule has 0 fully saturated rings. The first kappa shape index (κ1) is 9.78. The number of aryl methyl sites for hydroxylation is 2. The third-order valence-corrected chi connectivity index (χ3v) is 1.77. The Morgan fingerprint density at radius 2 is 1.85 bits per heavy atom. The molecule has 0 aliphatic heterocycles. The van der Waals surface area contributed by atoms with Crippen LogP contribution in [-0.4, -0.2) is 4.98 Å². The lowest BCUT2D eigenvalue weighted by molar-refractivity contribution is 0.602. The molecule has 0 aliphatic rings. The van der Waals surface area contributed by atoms with E-state index < -0.39 is 0 Å². The summed E-state index contributed by atoms with van der Waals surface area (Å²) in [6, 6.07) is 4.10. The lowest BCUT2D eigenvalue weighted by Crippen LogP contribution is -1.78. The van der Waals surface area contributed by atoms with Crippen molar-refractivity contribution in [2.24, 2.45) is 0 Å². The number of nitrogens with zero attached hydrogens (tertiary/aromatic N) is 1. The summed E-state index contributed by atoms with van der Waals surface area (Å²) in [6.45, 7) is 8.09. The van der Waals surface area contributed by atoms with Crippen LogP contribution in [0, 0.1) is 13.8 Å². The van der Waals surface area contributed by atoms with E-state index in [0.717, 1.165) is 11.1 Å². The topological polar surface area (TPSA) is 26.0 Å². The van der Waals surface area contributed by atoms with Crippen LogP contribution in [0.1, 0.15) is 25.0 Å². The maximum atomic E-state index is 5.17. The molecule has 0 unspecified atom stereocenters. The van der Waals surface area contributed by atoms with Gasteiger partial charge in [-0.3, -0.25) is 0 Å². The number of benzene rings is 1. The Labute approximate surface area is 78.6 Å². The van der Waals surface area contributed by atoms with Crippen molar-refractivity contribution in [1.29, 1.82) is 0 Å². The van der Waals surface area contributed by atoms with Gasteiger partial charge in [0, 0.05) is 0 Å². The van der Waals surface area contributed by atoms with Gasteiger partial charge in [0.2, 0.25) is 0 Å². The number of hydrogen-bond acceptors (Lipinski definition) is 2. The zero-order chi connectivity index (χ0) is 9.84. The summed E-state index contributed by atoms with van der Waals surface area (Å²) in [5.41, 5.74) is 4.23. The van der Waals surface area contributed by atoms with Crippen LogP contribution < -0.4 is 0 Å². The summed E-state index contributed by atoms with van der Waals surface area (Å²) >= 11 is 0. The molecule has 0 atom stereocenters. The number of fused-ring (bicyclic) bond motifs is 1. The first-order valence-corrected chi connectivity index (χ1v) is 4.58. The lowest BCUT2D eigenvalue weighted by atomic mass is 10.1. The SMILES string of the molecule is CC.Cc1cc(C)c2ncoc2c1. The molecule has 0 aliphatic carbocycles. The second-order valence-electron chi connectivity index (χ2n) is 2.78. The van der Waals surface area contributed by atoms with Crippen LogP contribution in [0.25, 0.3) is 11.1 Å². The normalized spacial score (nSPS) is 9.54. The predicted octanol–water partition coefficient (Wildman–Crippen LogP) is 3.47. The minimum absolute atomic E-state index is 0.877. The summed E-state index contributed by atoms with van der Waals surface area (Å²) in [4.78, 5) is 4.09. The van der Waals surface area contributed by atoms with Gasteiger partial charge in [0.25, 0.3) is 0 Å². The minimum atomic E-state index is 0.877. The van der Waals surface area contributed by atoms with Gasteiger partial charge in [0.1, 0.15) is 5.52 Å². The molecule has 0 radical (unpaired) electrons. The average molecular weight is 177 g/mol. The Morgan fingerprint density at radius 3 is 2.54 bits per heavy atom. The van der Waals surface area contributed by atoms with Crippen molar-refractivity contribution in [3.63, 3.8) is 0 Å². The zero-order valence-corrected chi connectivity index (χ0v) is 8.59. The van der Waals surface area contributed by atoms with E-state index in [-0.39, 0.29) is 0 Å². The van der Waals surface area contributed by atoms with E-state index >= 15 is 0 Å². The predicted molar refractivity (Wildman–Crippen MR) is 54.8 cm³/mol. The fraction of sp³-hybridized carbons (Fsp3) is 0.364. The van der Waals surface area contributed by atoms with Gasteiger partial charge in [-0.25, -0.2) is 4.98 Å². The third kappa shape index (κ3) is 1.89.